The van der Waals surface area contributed by atoms with Crippen LogP contribution in [0.3, 0.4) is 0 Å². The normalized spacial score (nSPS) is 10.6. The monoisotopic (exact) mass is 315 g/mol. The van der Waals surface area contributed by atoms with Crippen molar-refractivity contribution in [1.82, 2.24) is 9.97 Å². The molecular formula is C16H14ClN3S. The highest BCUT2D eigenvalue weighted by atomic mass is 35.5. The lowest BCUT2D eigenvalue weighted by Crippen LogP contribution is -1.92. The second-order valence-electron chi connectivity index (χ2n) is 4.49. The van der Waals surface area contributed by atoms with Crippen molar-refractivity contribution >= 4 is 33.8 Å². The number of aryl methyl sites for hydroxylation is 1. The van der Waals surface area contributed by atoms with Crippen molar-refractivity contribution in [2.75, 3.05) is 5.32 Å². The molecule has 0 spiro atoms. The fraction of sp³-hybridized carbons (Fsp3) is 0.125. The van der Waals surface area contributed by atoms with Crippen LogP contribution in [0.1, 0.15) is 11.9 Å². The molecule has 0 unspecified atom stereocenters. The molecule has 3 rings (SSSR count). The third-order valence-electron chi connectivity index (χ3n) is 2.98. The third-order valence-corrected chi connectivity index (χ3v) is 4.33. The lowest BCUT2D eigenvalue weighted by Gasteiger charge is -2.05. The molecule has 0 saturated carbocycles. The highest BCUT2D eigenvalue weighted by molar-refractivity contribution is 7.16. The molecule has 0 bridgehead atoms. The van der Waals surface area contributed by atoms with E-state index >= 15 is 0 Å². The first kappa shape index (κ1) is 14.0. The molecule has 0 aliphatic heterocycles. The van der Waals surface area contributed by atoms with Gasteiger partial charge in [-0.2, -0.15) is 0 Å². The Balaban J connectivity index is 2.02. The van der Waals surface area contributed by atoms with Crippen LogP contribution in [-0.2, 0) is 6.42 Å². The predicted molar refractivity (Wildman–Crippen MR) is 89.5 cm³/mol. The van der Waals surface area contributed by atoms with Crippen LogP contribution < -0.4 is 5.32 Å². The number of hydrogen-bond acceptors (Lipinski definition) is 4. The minimum atomic E-state index is 0.710. The molecule has 2 aromatic heterocycles. The highest BCUT2D eigenvalue weighted by Gasteiger charge is 2.13. The summed E-state index contributed by atoms with van der Waals surface area (Å²) in [5, 5.41) is 6.14. The van der Waals surface area contributed by atoms with Gasteiger partial charge in [0.2, 0.25) is 0 Å². The van der Waals surface area contributed by atoms with E-state index in [9.17, 15) is 0 Å². The first-order valence-electron chi connectivity index (χ1n) is 6.70. The maximum atomic E-state index is 6.09. The van der Waals surface area contributed by atoms with E-state index in [1.165, 1.54) is 0 Å². The summed E-state index contributed by atoms with van der Waals surface area (Å²) in [6.07, 6.45) is 2.67. The minimum absolute atomic E-state index is 0.710. The molecule has 106 valence electrons. The Morgan fingerprint density at radius 1 is 1.19 bits per heavy atom. The number of anilines is 2. The topological polar surface area (TPSA) is 37.8 Å². The molecule has 0 aliphatic rings. The largest absolute Gasteiger partial charge is 0.330 e. The fourth-order valence-electron chi connectivity index (χ4n) is 1.98. The van der Waals surface area contributed by atoms with Crippen LogP contribution in [0.2, 0.25) is 5.02 Å². The van der Waals surface area contributed by atoms with Crippen molar-refractivity contribution in [3.63, 3.8) is 0 Å². The summed E-state index contributed by atoms with van der Waals surface area (Å²) >= 11 is 7.74. The first-order valence-corrected chi connectivity index (χ1v) is 7.89. The van der Waals surface area contributed by atoms with Gasteiger partial charge in [-0.1, -0.05) is 36.7 Å². The second kappa shape index (κ2) is 6.24. The molecule has 0 amide bonds. The van der Waals surface area contributed by atoms with Crippen molar-refractivity contribution < 1.29 is 0 Å². The van der Waals surface area contributed by atoms with Crippen LogP contribution in [0.15, 0.2) is 48.7 Å². The van der Waals surface area contributed by atoms with Gasteiger partial charge in [0.15, 0.2) is 0 Å². The van der Waals surface area contributed by atoms with E-state index in [-0.39, 0.29) is 0 Å². The molecule has 1 aromatic carbocycles. The van der Waals surface area contributed by atoms with Gasteiger partial charge in [0.1, 0.15) is 16.5 Å². The number of halogens is 1. The van der Waals surface area contributed by atoms with Gasteiger partial charge >= 0.3 is 0 Å². The zero-order chi connectivity index (χ0) is 14.7. The standard InChI is InChI=1S/C16H14ClN3S/c1-2-14-20-15(11-6-5-7-12(17)10-11)16(21-14)19-13-8-3-4-9-18-13/h3-10H,2H2,1H3,(H,18,19). The number of pyridine rings is 1. The number of aromatic nitrogens is 2. The van der Waals surface area contributed by atoms with Crippen molar-refractivity contribution in [2.45, 2.75) is 13.3 Å². The van der Waals surface area contributed by atoms with Crippen LogP contribution >= 0.6 is 22.9 Å². The molecule has 3 aromatic rings. The Morgan fingerprint density at radius 2 is 2.10 bits per heavy atom. The Morgan fingerprint density at radius 3 is 2.81 bits per heavy atom. The lowest BCUT2D eigenvalue weighted by atomic mass is 10.1. The van der Waals surface area contributed by atoms with Gasteiger partial charge in [0, 0.05) is 16.8 Å². The third kappa shape index (κ3) is 3.23. The van der Waals surface area contributed by atoms with E-state index < -0.39 is 0 Å². The average Bonchev–Trinajstić information content (AvgIpc) is 2.91. The van der Waals surface area contributed by atoms with E-state index in [1.54, 1.807) is 17.5 Å². The van der Waals surface area contributed by atoms with E-state index in [0.29, 0.717) is 5.02 Å². The number of nitrogens with zero attached hydrogens (tertiary/aromatic N) is 2. The Hall–Kier alpha value is -1.91. The van der Waals surface area contributed by atoms with Crippen molar-refractivity contribution in [1.29, 1.82) is 0 Å². The molecule has 0 radical (unpaired) electrons. The summed E-state index contributed by atoms with van der Waals surface area (Å²) in [4.78, 5) is 9.01. The summed E-state index contributed by atoms with van der Waals surface area (Å²) in [6, 6.07) is 13.5. The van der Waals surface area contributed by atoms with Crippen LogP contribution in [0, 0.1) is 0 Å². The summed E-state index contributed by atoms with van der Waals surface area (Å²) in [5.41, 5.74) is 1.93. The van der Waals surface area contributed by atoms with Gasteiger partial charge in [-0.25, -0.2) is 9.97 Å². The van der Waals surface area contributed by atoms with Crippen molar-refractivity contribution in [2.24, 2.45) is 0 Å². The smallest absolute Gasteiger partial charge is 0.130 e. The molecule has 0 atom stereocenters. The average molecular weight is 316 g/mol. The fourth-order valence-corrected chi connectivity index (χ4v) is 3.11. The highest BCUT2D eigenvalue weighted by Crippen LogP contribution is 2.35. The minimum Gasteiger partial charge on any atom is -0.330 e. The zero-order valence-electron chi connectivity index (χ0n) is 11.5. The molecule has 0 fully saturated rings. The molecule has 1 N–H and O–H groups in total. The summed E-state index contributed by atoms with van der Waals surface area (Å²) < 4.78 is 0. The molecule has 5 heteroatoms. The number of thiazole rings is 1. The second-order valence-corrected chi connectivity index (χ2v) is 6.01. The molecule has 21 heavy (non-hydrogen) atoms. The van der Waals surface area contributed by atoms with Crippen LogP contribution in [0.5, 0.6) is 0 Å². The maximum absolute atomic E-state index is 6.09. The number of hydrogen-bond donors (Lipinski definition) is 1. The van der Waals surface area contributed by atoms with Gasteiger partial charge in [0.25, 0.3) is 0 Å². The number of benzene rings is 1. The molecule has 0 aliphatic carbocycles. The Kier molecular flexibility index (Phi) is 4.18. The maximum Gasteiger partial charge on any atom is 0.130 e. The van der Waals surface area contributed by atoms with Crippen LogP contribution in [-0.4, -0.2) is 9.97 Å². The molecule has 3 nitrogen and oxygen atoms in total. The summed E-state index contributed by atoms with van der Waals surface area (Å²) in [7, 11) is 0. The van der Waals surface area contributed by atoms with Gasteiger partial charge in [-0.3, -0.25) is 0 Å². The molecular weight excluding hydrogens is 302 g/mol. The van der Waals surface area contributed by atoms with Gasteiger partial charge < -0.3 is 5.32 Å². The predicted octanol–water partition coefficient (Wildman–Crippen LogP) is 5.16. The zero-order valence-corrected chi connectivity index (χ0v) is 13.1. The Bertz CT molecular complexity index is 740. The van der Waals surface area contributed by atoms with Crippen LogP contribution in [0.25, 0.3) is 11.3 Å². The van der Waals surface area contributed by atoms with E-state index in [1.807, 2.05) is 42.5 Å². The molecule has 0 saturated heterocycles. The van der Waals surface area contributed by atoms with E-state index in [0.717, 1.165) is 33.5 Å². The van der Waals surface area contributed by atoms with Crippen molar-refractivity contribution in [3.05, 3.63) is 58.7 Å². The van der Waals surface area contributed by atoms with Crippen molar-refractivity contribution in [3.8, 4) is 11.3 Å². The van der Waals surface area contributed by atoms with Gasteiger partial charge in [0.05, 0.1) is 5.01 Å². The summed E-state index contributed by atoms with van der Waals surface area (Å²) in [6.45, 7) is 2.10. The van der Waals surface area contributed by atoms with Gasteiger partial charge in [-0.15, -0.1) is 11.3 Å². The number of nitrogens with one attached hydrogen (secondary N) is 1. The lowest BCUT2D eigenvalue weighted by molar-refractivity contribution is 1.10. The van der Waals surface area contributed by atoms with Gasteiger partial charge in [-0.05, 0) is 30.7 Å². The SMILES string of the molecule is CCc1nc(-c2cccc(Cl)c2)c(Nc2ccccn2)s1. The molecule has 2 heterocycles. The number of rotatable bonds is 4. The van der Waals surface area contributed by atoms with E-state index in [2.05, 4.69) is 17.2 Å². The quantitative estimate of drug-likeness (QED) is 0.722. The summed E-state index contributed by atoms with van der Waals surface area (Å²) in [5.74, 6) is 0.812. The Labute approximate surface area is 132 Å². The first-order chi connectivity index (χ1) is 10.3. The van der Waals surface area contributed by atoms with Crippen LogP contribution in [0.4, 0.5) is 10.8 Å². The van der Waals surface area contributed by atoms with E-state index in [4.69, 9.17) is 16.6 Å².